The molecule has 0 bridgehead atoms. The van der Waals surface area contributed by atoms with Crippen molar-refractivity contribution in [3.05, 3.63) is 40.6 Å². The topological polar surface area (TPSA) is 38.8 Å². The third kappa shape index (κ3) is 4.92. The molecule has 0 saturated heterocycles. The van der Waals surface area contributed by atoms with Crippen LogP contribution in [0.2, 0.25) is 0 Å². The van der Waals surface area contributed by atoms with Crippen molar-refractivity contribution < 1.29 is 14.3 Å². The molecule has 0 aliphatic carbocycles. The highest BCUT2D eigenvalue weighted by Crippen LogP contribution is 2.35. The molecule has 0 unspecified atom stereocenters. The highest BCUT2D eigenvalue weighted by molar-refractivity contribution is 7.99. The molecule has 2 aromatic rings. The van der Waals surface area contributed by atoms with E-state index in [4.69, 9.17) is 9.47 Å². The molecule has 2 heterocycles. The molecule has 25 heavy (non-hydrogen) atoms. The summed E-state index contributed by atoms with van der Waals surface area (Å²) in [5.74, 6) is 3.63. The lowest BCUT2D eigenvalue weighted by Gasteiger charge is -2.25. The molecule has 0 fully saturated rings. The van der Waals surface area contributed by atoms with Gasteiger partial charge in [0.05, 0.1) is 12.3 Å². The number of thioether (sulfide) groups is 1. The monoisotopic (exact) mass is 377 g/mol. The first kappa shape index (κ1) is 18.1. The Labute approximate surface area is 157 Å². The Morgan fingerprint density at radius 1 is 1.24 bits per heavy atom. The predicted octanol–water partition coefficient (Wildman–Crippen LogP) is 4.44. The number of thiophene rings is 1. The van der Waals surface area contributed by atoms with Gasteiger partial charge in [0.15, 0.2) is 11.5 Å². The minimum absolute atomic E-state index is 0.121. The second kappa shape index (κ2) is 8.63. The lowest BCUT2D eigenvalue weighted by Crippen LogP contribution is -2.32. The summed E-state index contributed by atoms with van der Waals surface area (Å²) in [6.45, 7) is 6.03. The lowest BCUT2D eigenvalue weighted by atomic mass is 10.2. The van der Waals surface area contributed by atoms with Crippen LogP contribution >= 0.6 is 23.1 Å². The van der Waals surface area contributed by atoms with Gasteiger partial charge in [0.2, 0.25) is 5.91 Å². The van der Waals surface area contributed by atoms with E-state index in [0.717, 1.165) is 22.1 Å². The van der Waals surface area contributed by atoms with E-state index in [0.29, 0.717) is 37.2 Å². The maximum atomic E-state index is 12.9. The third-order valence-corrected chi connectivity index (χ3v) is 5.92. The second-order valence-corrected chi connectivity index (χ2v) is 8.36. The Bertz CT molecular complexity index is 701. The predicted molar refractivity (Wildman–Crippen MR) is 105 cm³/mol. The van der Waals surface area contributed by atoms with Gasteiger partial charge in [-0.15, -0.1) is 11.3 Å². The molecule has 1 aliphatic heterocycles. The lowest BCUT2D eigenvalue weighted by molar-refractivity contribution is -0.116. The Hall–Kier alpha value is -1.66. The number of fused-ring (bicyclic) bond motifs is 1. The number of benzene rings is 1. The summed E-state index contributed by atoms with van der Waals surface area (Å²) >= 11 is 3.35. The average Bonchev–Trinajstić information content (AvgIpc) is 3.12. The number of hydrogen-bond donors (Lipinski definition) is 0. The molecule has 0 saturated carbocycles. The van der Waals surface area contributed by atoms with Crippen molar-refractivity contribution in [2.45, 2.75) is 20.4 Å². The molecule has 0 spiro atoms. The van der Waals surface area contributed by atoms with Crippen LogP contribution in [0.25, 0.3) is 0 Å². The van der Waals surface area contributed by atoms with E-state index in [1.807, 2.05) is 34.5 Å². The average molecular weight is 378 g/mol. The molecule has 0 radical (unpaired) electrons. The molecule has 1 aromatic heterocycles. The number of ether oxygens (including phenoxy) is 2. The molecule has 0 N–H and O–H groups in total. The van der Waals surface area contributed by atoms with E-state index in [1.54, 1.807) is 23.1 Å². The zero-order chi connectivity index (χ0) is 17.6. The summed E-state index contributed by atoms with van der Waals surface area (Å²) in [5, 5.41) is 2.04. The molecular weight excluding hydrogens is 354 g/mol. The minimum atomic E-state index is 0.121. The number of carbonyl (C=O) groups excluding carboxylic acids is 1. The SMILES string of the molecule is CC(C)CSCC(=O)N(Cc1cccs1)c1ccc2c(c1)OCCO2. The molecule has 1 aromatic carbocycles. The fraction of sp³-hybridized carbons (Fsp3) is 0.421. The number of rotatable bonds is 7. The summed E-state index contributed by atoms with van der Waals surface area (Å²) in [5.41, 5.74) is 0.854. The Balaban J connectivity index is 1.79. The van der Waals surface area contributed by atoms with Gasteiger partial charge >= 0.3 is 0 Å². The van der Waals surface area contributed by atoms with Crippen molar-refractivity contribution in [1.29, 1.82) is 0 Å². The van der Waals surface area contributed by atoms with E-state index in [-0.39, 0.29) is 5.91 Å². The van der Waals surface area contributed by atoms with E-state index in [2.05, 4.69) is 19.9 Å². The van der Waals surface area contributed by atoms with Crippen LogP contribution in [0.3, 0.4) is 0 Å². The first-order valence-corrected chi connectivity index (χ1v) is 10.5. The highest BCUT2D eigenvalue weighted by Gasteiger charge is 2.20. The first-order chi connectivity index (χ1) is 12.1. The number of amides is 1. The smallest absolute Gasteiger partial charge is 0.237 e. The fourth-order valence-electron chi connectivity index (χ4n) is 2.54. The zero-order valence-electron chi connectivity index (χ0n) is 14.6. The third-order valence-electron chi connectivity index (χ3n) is 3.71. The molecule has 1 aliphatic rings. The molecule has 134 valence electrons. The molecular formula is C19H23NO3S2. The quantitative estimate of drug-likeness (QED) is 0.715. The standard InChI is InChI=1S/C19H23NO3S2/c1-14(2)12-24-13-19(21)20(11-16-4-3-9-25-16)15-5-6-17-18(10-15)23-8-7-22-17/h3-6,9-10,14H,7-8,11-13H2,1-2H3. The number of hydrogen-bond acceptors (Lipinski definition) is 5. The van der Waals surface area contributed by atoms with E-state index >= 15 is 0 Å². The number of nitrogens with zero attached hydrogens (tertiary/aromatic N) is 1. The van der Waals surface area contributed by atoms with Crippen LogP contribution in [0.5, 0.6) is 11.5 Å². The van der Waals surface area contributed by atoms with Crippen molar-refractivity contribution in [1.82, 2.24) is 0 Å². The Morgan fingerprint density at radius 2 is 2.04 bits per heavy atom. The largest absolute Gasteiger partial charge is 0.486 e. The molecule has 3 rings (SSSR count). The zero-order valence-corrected chi connectivity index (χ0v) is 16.2. The van der Waals surface area contributed by atoms with Gasteiger partial charge in [-0.1, -0.05) is 19.9 Å². The van der Waals surface area contributed by atoms with Crippen LogP contribution in [-0.4, -0.2) is 30.6 Å². The number of carbonyl (C=O) groups is 1. The summed E-state index contributed by atoms with van der Waals surface area (Å²) < 4.78 is 11.3. The summed E-state index contributed by atoms with van der Waals surface area (Å²) in [4.78, 5) is 15.9. The van der Waals surface area contributed by atoms with Crippen molar-refractivity contribution >= 4 is 34.7 Å². The molecule has 4 nitrogen and oxygen atoms in total. The van der Waals surface area contributed by atoms with E-state index in [1.165, 1.54) is 0 Å². The van der Waals surface area contributed by atoms with Crippen molar-refractivity contribution in [2.75, 3.05) is 29.6 Å². The highest BCUT2D eigenvalue weighted by atomic mass is 32.2. The van der Waals surface area contributed by atoms with Crippen LogP contribution in [0.1, 0.15) is 18.7 Å². The van der Waals surface area contributed by atoms with Crippen molar-refractivity contribution in [3.8, 4) is 11.5 Å². The molecule has 0 atom stereocenters. The summed E-state index contributed by atoms with van der Waals surface area (Å²) in [7, 11) is 0. The van der Waals surface area contributed by atoms with Gasteiger partial charge in [0.25, 0.3) is 0 Å². The van der Waals surface area contributed by atoms with E-state index in [9.17, 15) is 4.79 Å². The van der Waals surface area contributed by atoms with Gasteiger partial charge in [-0.3, -0.25) is 4.79 Å². The second-order valence-electron chi connectivity index (χ2n) is 6.30. The van der Waals surface area contributed by atoms with Crippen LogP contribution in [0.15, 0.2) is 35.7 Å². The molecule has 1 amide bonds. The van der Waals surface area contributed by atoms with Crippen molar-refractivity contribution in [2.24, 2.45) is 5.92 Å². The Morgan fingerprint density at radius 3 is 2.76 bits per heavy atom. The van der Waals surface area contributed by atoms with E-state index < -0.39 is 0 Å². The first-order valence-electron chi connectivity index (χ1n) is 8.43. The summed E-state index contributed by atoms with van der Waals surface area (Å²) in [6.07, 6.45) is 0. The minimum Gasteiger partial charge on any atom is -0.486 e. The van der Waals surface area contributed by atoms with Gasteiger partial charge in [-0.05, 0) is 35.2 Å². The van der Waals surface area contributed by atoms with Crippen molar-refractivity contribution in [3.63, 3.8) is 0 Å². The van der Waals surface area contributed by atoms with Crippen LogP contribution in [0.4, 0.5) is 5.69 Å². The maximum Gasteiger partial charge on any atom is 0.237 e. The summed E-state index contributed by atoms with van der Waals surface area (Å²) in [6, 6.07) is 9.81. The van der Waals surface area contributed by atoms with Gasteiger partial charge in [-0.2, -0.15) is 11.8 Å². The van der Waals surface area contributed by atoms with Crippen LogP contribution in [0, 0.1) is 5.92 Å². The van der Waals surface area contributed by atoms with Crippen LogP contribution in [-0.2, 0) is 11.3 Å². The van der Waals surface area contributed by atoms with Gasteiger partial charge < -0.3 is 14.4 Å². The fourth-order valence-corrected chi connectivity index (χ4v) is 4.15. The maximum absolute atomic E-state index is 12.9. The Kier molecular flexibility index (Phi) is 6.26. The number of anilines is 1. The molecule has 6 heteroatoms. The van der Waals surface area contributed by atoms with Gasteiger partial charge in [-0.25, -0.2) is 0 Å². The van der Waals surface area contributed by atoms with Gasteiger partial charge in [0.1, 0.15) is 13.2 Å². The van der Waals surface area contributed by atoms with Crippen LogP contribution < -0.4 is 14.4 Å². The normalized spacial score (nSPS) is 13.1. The van der Waals surface area contributed by atoms with Gasteiger partial charge in [0, 0.05) is 16.6 Å².